The number of hydrogen-bond acceptors (Lipinski definition) is 10. The molecule has 0 unspecified atom stereocenters. The molecule has 0 spiro atoms. The fourth-order valence-corrected chi connectivity index (χ4v) is 5.88. The van der Waals surface area contributed by atoms with Gasteiger partial charge in [-0.05, 0) is 47.5 Å². The third-order valence-electron chi connectivity index (χ3n) is 7.96. The number of tetrazole rings is 1. The molecule has 2 aromatic heterocycles. The van der Waals surface area contributed by atoms with Crippen molar-refractivity contribution in [2.75, 3.05) is 51.6 Å². The monoisotopic (exact) mass is 545 g/mol. The fourth-order valence-electron chi connectivity index (χ4n) is 5.88. The Morgan fingerprint density at radius 1 is 1.10 bits per heavy atom. The number of hydrogen-bond donors (Lipinski definition) is 1. The summed E-state index contributed by atoms with van der Waals surface area (Å²) in [6.45, 7) is 4.45. The second-order valence-electron chi connectivity index (χ2n) is 10.3. The van der Waals surface area contributed by atoms with Crippen molar-refractivity contribution >= 4 is 16.6 Å². The molecule has 0 bridgehead atoms. The molecule has 208 valence electrons. The van der Waals surface area contributed by atoms with Crippen molar-refractivity contribution in [2.24, 2.45) is 0 Å². The first-order valence-corrected chi connectivity index (χ1v) is 13.6. The van der Waals surface area contributed by atoms with Crippen LogP contribution in [0, 0.1) is 0 Å². The molecule has 2 aromatic carbocycles. The Morgan fingerprint density at radius 3 is 2.75 bits per heavy atom. The number of anilines is 1. The third-order valence-corrected chi connectivity index (χ3v) is 7.96. The van der Waals surface area contributed by atoms with Crippen molar-refractivity contribution in [2.45, 2.75) is 31.5 Å². The van der Waals surface area contributed by atoms with Crippen molar-refractivity contribution in [1.82, 2.24) is 30.1 Å². The van der Waals surface area contributed by atoms with Crippen LogP contribution in [0.25, 0.3) is 10.9 Å². The molecule has 2 saturated heterocycles. The fraction of sp³-hybridized carbons (Fsp3) is 0.429. The topological polar surface area (TPSA) is 120 Å². The number of ether oxygens (including phenoxy) is 4. The largest absolute Gasteiger partial charge is 0.497 e. The van der Waals surface area contributed by atoms with Crippen LogP contribution in [-0.4, -0.2) is 82.9 Å². The van der Waals surface area contributed by atoms with Gasteiger partial charge in [-0.3, -0.25) is 9.69 Å². The van der Waals surface area contributed by atoms with E-state index in [2.05, 4.69) is 36.4 Å². The average Bonchev–Trinajstić information content (AvgIpc) is 3.76. The molecule has 7 rings (SSSR count). The van der Waals surface area contributed by atoms with Crippen LogP contribution in [-0.2, 0) is 11.3 Å². The van der Waals surface area contributed by atoms with Gasteiger partial charge in [0.25, 0.3) is 5.56 Å². The van der Waals surface area contributed by atoms with Gasteiger partial charge in [-0.2, -0.15) is 0 Å². The molecule has 3 aliphatic rings. The lowest BCUT2D eigenvalue weighted by atomic mass is 10.0. The first-order chi connectivity index (χ1) is 19.7. The van der Waals surface area contributed by atoms with Crippen LogP contribution in [0.3, 0.4) is 0 Å². The Morgan fingerprint density at radius 2 is 1.95 bits per heavy atom. The zero-order chi connectivity index (χ0) is 27.1. The highest BCUT2D eigenvalue weighted by molar-refractivity contribution is 5.83. The lowest BCUT2D eigenvalue weighted by molar-refractivity contribution is 0.0906. The molecular formula is C28H31N7O5. The minimum Gasteiger partial charge on any atom is -0.497 e. The number of aromatic nitrogens is 5. The number of benzene rings is 2. The molecular weight excluding hydrogens is 514 g/mol. The van der Waals surface area contributed by atoms with E-state index in [-0.39, 0.29) is 18.5 Å². The summed E-state index contributed by atoms with van der Waals surface area (Å²) in [5.74, 6) is 2.75. The van der Waals surface area contributed by atoms with Gasteiger partial charge < -0.3 is 28.8 Å². The van der Waals surface area contributed by atoms with Gasteiger partial charge in [0.1, 0.15) is 11.8 Å². The van der Waals surface area contributed by atoms with Crippen LogP contribution >= 0.6 is 0 Å². The highest BCUT2D eigenvalue weighted by Gasteiger charge is 2.34. The van der Waals surface area contributed by atoms with Gasteiger partial charge in [-0.15, -0.1) is 5.10 Å². The SMILES string of the molecule is COc1cccc(N2CCN([C@@H](c3cc4cc5c(cc4[nH]c3=O)OCO5)c3nnnn3C[C@@H]3CCCO3)CC2)c1. The van der Waals surface area contributed by atoms with E-state index in [1.807, 2.05) is 36.4 Å². The Labute approximate surface area is 230 Å². The number of methoxy groups -OCH3 is 1. The summed E-state index contributed by atoms with van der Waals surface area (Å²) in [7, 11) is 1.68. The Hall–Kier alpha value is -4.16. The van der Waals surface area contributed by atoms with Crippen LogP contribution in [0.15, 0.2) is 47.3 Å². The van der Waals surface area contributed by atoms with E-state index in [0.717, 1.165) is 49.4 Å². The van der Waals surface area contributed by atoms with Gasteiger partial charge >= 0.3 is 0 Å². The molecule has 0 radical (unpaired) electrons. The Balaban J connectivity index is 1.25. The molecule has 3 aliphatic heterocycles. The summed E-state index contributed by atoms with van der Waals surface area (Å²) in [6, 6.07) is 13.3. The normalized spacial score (nSPS) is 19.8. The van der Waals surface area contributed by atoms with Gasteiger partial charge in [0.15, 0.2) is 17.3 Å². The second kappa shape index (κ2) is 10.4. The van der Waals surface area contributed by atoms with E-state index >= 15 is 0 Å². The molecule has 0 amide bonds. The molecule has 2 atom stereocenters. The summed E-state index contributed by atoms with van der Waals surface area (Å²) in [5, 5.41) is 13.7. The summed E-state index contributed by atoms with van der Waals surface area (Å²) in [6.07, 6.45) is 2.05. The van der Waals surface area contributed by atoms with Gasteiger partial charge in [-0.25, -0.2) is 4.68 Å². The van der Waals surface area contributed by atoms with E-state index in [1.165, 1.54) is 0 Å². The van der Waals surface area contributed by atoms with E-state index in [0.29, 0.717) is 48.0 Å². The highest BCUT2D eigenvalue weighted by atomic mass is 16.7. The first-order valence-electron chi connectivity index (χ1n) is 13.6. The van der Waals surface area contributed by atoms with Gasteiger partial charge in [0.2, 0.25) is 6.79 Å². The quantitative estimate of drug-likeness (QED) is 0.371. The van der Waals surface area contributed by atoms with Crippen molar-refractivity contribution in [3.63, 3.8) is 0 Å². The highest BCUT2D eigenvalue weighted by Crippen LogP contribution is 2.36. The number of pyridine rings is 1. The van der Waals surface area contributed by atoms with Gasteiger partial charge in [0.05, 0.1) is 25.3 Å². The first kappa shape index (κ1) is 24.9. The number of fused-ring (bicyclic) bond motifs is 2. The predicted octanol–water partition coefficient (Wildman–Crippen LogP) is 2.34. The van der Waals surface area contributed by atoms with E-state index in [4.69, 9.17) is 18.9 Å². The standard InChI is InChI=1S/C28H31N7O5/c1-37-20-5-2-4-19(14-20)33-7-9-34(10-8-33)26(27-30-31-32-35(27)16-21-6-3-11-38-21)22-12-18-13-24-25(40-17-39-24)15-23(18)29-28(22)36/h2,4-5,12-15,21,26H,3,6-11,16-17H2,1H3,(H,29,36)/t21-,26-/m0/s1. The zero-order valence-electron chi connectivity index (χ0n) is 22.3. The molecule has 12 heteroatoms. The molecule has 5 heterocycles. The Kier molecular flexibility index (Phi) is 6.48. The van der Waals surface area contributed by atoms with E-state index in [9.17, 15) is 4.79 Å². The summed E-state index contributed by atoms with van der Waals surface area (Å²) < 4.78 is 24.2. The van der Waals surface area contributed by atoms with E-state index < -0.39 is 6.04 Å². The summed E-state index contributed by atoms with van der Waals surface area (Å²) >= 11 is 0. The lowest BCUT2D eigenvalue weighted by Crippen LogP contribution is -2.49. The molecule has 0 aliphatic carbocycles. The van der Waals surface area contributed by atoms with Crippen LogP contribution in [0.4, 0.5) is 5.69 Å². The number of H-pyrrole nitrogens is 1. The van der Waals surface area contributed by atoms with Crippen molar-refractivity contribution in [3.05, 3.63) is 64.2 Å². The zero-order valence-corrected chi connectivity index (χ0v) is 22.3. The van der Waals surface area contributed by atoms with Crippen LogP contribution in [0.2, 0.25) is 0 Å². The molecule has 40 heavy (non-hydrogen) atoms. The van der Waals surface area contributed by atoms with Crippen LogP contribution < -0.4 is 24.7 Å². The molecule has 4 aromatic rings. The number of rotatable bonds is 7. The van der Waals surface area contributed by atoms with Crippen molar-refractivity contribution < 1.29 is 18.9 Å². The summed E-state index contributed by atoms with van der Waals surface area (Å²) in [4.78, 5) is 21.3. The second-order valence-corrected chi connectivity index (χ2v) is 10.3. The number of piperazine rings is 1. The molecule has 2 fully saturated rings. The third kappa shape index (κ3) is 4.62. The number of nitrogens with zero attached hydrogens (tertiary/aromatic N) is 6. The average molecular weight is 546 g/mol. The molecule has 1 N–H and O–H groups in total. The smallest absolute Gasteiger partial charge is 0.253 e. The van der Waals surface area contributed by atoms with Gasteiger partial charge in [-0.1, -0.05) is 6.07 Å². The summed E-state index contributed by atoms with van der Waals surface area (Å²) in [5.41, 5.74) is 2.21. The minimum atomic E-state index is -0.442. The van der Waals surface area contributed by atoms with Crippen LogP contribution in [0.5, 0.6) is 17.2 Å². The van der Waals surface area contributed by atoms with E-state index in [1.54, 1.807) is 11.8 Å². The molecule has 12 nitrogen and oxygen atoms in total. The van der Waals surface area contributed by atoms with Crippen LogP contribution in [0.1, 0.15) is 30.3 Å². The maximum atomic E-state index is 13.6. The van der Waals surface area contributed by atoms with Crippen molar-refractivity contribution in [1.29, 1.82) is 0 Å². The number of nitrogens with one attached hydrogen (secondary N) is 1. The van der Waals surface area contributed by atoms with Gasteiger partial charge in [0, 0.05) is 61.6 Å². The molecule has 0 saturated carbocycles. The predicted molar refractivity (Wildman–Crippen MR) is 146 cm³/mol. The lowest BCUT2D eigenvalue weighted by Gasteiger charge is -2.39. The maximum Gasteiger partial charge on any atom is 0.253 e. The Bertz CT molecular complexity index is 1570. The maximum absolute atomic E-state index is 13.6. The minimum absolute atomic E-state index is 0.0578. The number of aromatic amines is 1. The van der Waals surface area contributed by atoms with Crippen molar-refractivity contribution in [3.8, 4) is 17.2 Å².